The third-order valence-electron chi connectivity index (χ3n) is 5.09. The van der Waals surface area contributed by atoms with Crippen LogP contribution in [0.1, 0.15) is 11.1 Å². The molecular weight excluding hydrogens is 337 g/mol. The van der Waals surface area contributed by atoms with Gasteiger partial charge in [0.2, 0.25) is 0 Å². The van der Waals surface area contributed by atoms with Crippen molar-refractivity contribution in [1.82, 2.24) is 0 Å². The summed E-state index contributed by atoms with van der Waals surface area (Å²) >= 11 is 0. The van der Waals surface area contributed by atoms with E-state index in [9.17, 15) is 0 Å². The first-order valence-corrected chi connectivity index (χ1v) is 9.71. The molecule has 2 heteroatoms. The minimum Gasteiger partial charge on any atom is -0.311 e. The molecular formula is C26H24BN. The lowest BCUT2D eigenvalue weighted by molar-refractivity contribution is 1.27. The number of anilines is 3. The van der Waals surface area contributed by atoms with Crippen LogP contribution in [0, 0.1) is 13.8 Å². The maximum Gasteiger partial charge on any atom is 0.139 e. The molecule has 0 bridgehead atoms. The molecule has 0 saturated heterocycles. The Hall–Kier alpha value is -3.26. The van der Waals surface area contributed by atoms with E-state index in [4.69, 9.17) is 0 Å². The van der Waals surface area contributed by atoms with E-state index in [0.29, 0.717) is 0 Å². The molecule has 4 aromatic carbocycles. The van der Waals surface area contributed by atoms with Crippen molar-refractivity contribution in [3.05, 3.63) is 108 Å². The van der Waals surface area contributed by atoms with Crippen LogP contribution >= 0.6 is 0 Å². The van der Waals surface area contributed by atoms with Gasteiger partial charge in [-0.3, -0.25) is 0 Å². The summed E-state index contributed by atoms with van der Waals surface area (Å²) in [6.45, 7) is 4.24. The van der Waals surface area contributed by atoms with Gasteiger partial charge in [0.15, 0.2) is 0 Å². The SMILES string of the molecule is Bc1ccc(-c2ccc(N(c3ccc(C)cc3)c3ccc(C)cc3)cc2)cc1. The van der Waals surface area contributed by atoms with Crippen LogP contribution in [0.25, 0.3) is 11.1 Å². The van der Waals surface area contributed by atoms with Gasteiger partial charge in [0.1, 0.15) is 7.85 Å². The molecule has 0 amide bonds. The van der Waals surface area contributed by atoms with Crippen LogP contribution in [0.5, 0.6) is 0 Å². The summed E-state index contributed by atoms with van der Waals surface area (Å²) in [4.78, 5) is 2.30. The Labute approximate surface area is 168 Å². The minimum atomic E-state index is 1.16. The molecule has 136 valence electrons. The van der Waals surface area contributed by atoms with Gasteiger partial charge >= 0.3 is 0 Å². The fourth-order valence-corrected chi connectivity index (χ4v) is 3.38. The first kappa shape index (κ1) is 18.1. The largest absolute Gasteiger partial charge is 0.311 e. The molecule has 0 N–H and O–H groups in total. The Bertz CT molecular complexity index is 1000. The van der Waals surface area contributed by atoms with E-state index < -0.39 is 0 Å². The molecule has 0 heterocycles. The summed E-state index contributed by atoms with van der Waals surface area (Å²) < 4.78 is 0. The highest BCUT2D eigenvalue weighted by molar-refractivity contribution is 6.32. The van der Waals surface area contributed by atoms with Gasteiger partial charge in [0.25, 0.3) is 0 Å². The zero-order valence-electron chi connectivity index (χ0n) is 16.7. The van der Waals surface area contributed by atoms with Crippen LogP contribution in [0.2, 0.25) is 0 Å². The highest BCUT2D eigenvalue weighted by Crippen LogP contribution is 2.35. The van der Waals surface area contributed by atoms with Crippen LogP contribution in [-0.2, 0) is 0 Å². The van der Waals surface area contributed by atoms with Gasteiger partial charge in [-0.15, -0.1) is 0 Å². The van der Waals surface area contributed by atoms with Crippen LogP contribution < -0.4 is 10.4 Å². The molecule has 28 heavy (non-hydrogen) atoms. The third kappa shape index (κ3) is 3.87. The van der Waals surface area contributed by atoms with Crippen molar-refractivity contribution in [2.24, 2.45) is 0 Å². The molecule has 0 saturated carbocycles. The second-order valence-electron chi connectivity index (χ2n) is 7.42. The lowest BCUT2D eigenvalue weighted by atomic mass is 9.94. The van der Waals surface area contributed by atoms with Crippen molar-refractivity contribution in [1.29, 1.82) is 0 Å². The van der Waals surface area contributed by atoms with Gasteiger partial charge in [0, 0.05) is 17.1 Å². The molecule has 1 nitrogen and oxygen atoms in total. The number of benzene rings is 4. The lowest BCUT2D eigenvalue weighted by Gasteiger charge is -2.26. The molecule has 0 aliphatic heterocycles. The summed E-state index contributed by atoms with van der Waals surface area (Å²) in [5.74, 6) is 0. The standard InChI is InChI=1S/C26H24BN/c1-19-3-13-24(14-4-19)28(25-15-5-20(2)6-16-25)26-17-9-22(10-18-26)21-7-11-23(27)12-8-21/h3-18H,27H2,1-2H3. The average Bonchev–Trinajstić information content (AvgIpc) is 2.72. The molecule has 0 aliphatic rings. The average molecular weight is 361 g/mol. The zero-order valence-corrected chi connectivity index (χ0v) is 16.7. The van der Waals surface area contributed by atoms with E-state index in [0.717, 1.165) is 17.1 Å². The maximum absolute atomic E-state index is 2.30. The quantitative estimate of drug-likeness (QED) is 0.422. The second kappa shape index (κ2) is 7.78. The Kier molecular flexibility index (Phi) is 5.03. The van der Waals surface area contributed by atoms with Gasteiger partial charge in [-0.25, -0.2) is 0 Å². The van der Waals surface area contributed by atoms with Crippen molar-refractivity contribution < 1.29 is 0 Å². The Morgan fingerprint density at radius 1 is 0.464 bits per heavy atom. The molecule has 0 radical (unpaired) electrons. The highest BCUT2D eigenvalue weighted by Gasteiger charge is 2.12. The molecule has 0 atom stereocenters. The molecule has 4 rings (SSSR count). The Balaban J connectivity index is 1.74. The van der Waals surface area contributed by atoms with Gasteiger partial charge in [-0.2, -0.15) is 0 Å². The predicted octanol–water partition coefficient (Wildman–Crippen LogP) is 5.70. The van der Waals surface area contributed by atoms with Crippen molar-refractivity contribution >= 4 is 30.4 Å². The molecule has 0 unspecified atom stereocenters. The summed E-state index contributed by atoms with van der Waals surface area (Å²) in [5, 5.41) is 0. The van der Waals surface area contributed by atoms with Crippen LogP contribution in [0.15, 0.2) is 97.1 Å². The number of aryl methyl sites for hydroxylation is 2. The fourth-order valence-electron chi connectivity index (χ4n) is 3.38. The monoisotopic (exact) mass is 361 g/mol. The summed E-state index contributed by atoms with van der Waals surface area (Å²) in [7, 11) is 2.12. The predicted molar refractivity (Wildman–Crippen MR) is 124 cm³/mol. The van der Waals surface area contributed by atoms with Crippen molar-refractivity contribution in [2.75, 3.05) is 4.90 Å². The van der Waals surface area contributed by atoms with Crippen LogP contribution in [-0.4, -0.2) is 7.85 Å². The van der Waals surface area contributed by atoms with Gasteiger partial charge < -0.3 is 4.90 Å². The second-order valence-corrected chi connectivity index (χ2v) is 7.42. The van der Waals surface area contributed by atoms with E-state index in [2.05, 4.69) is 124 Å². The summed E-state index contributed by atoms with van der Waals surface area (Å²) in [5.41, 5.74) is 9.78. The molecule has 0 spiro atoms. The topological polar surface area (TPSA) is 3.24 Å². The molecule has 4 aromatic rings. The number of hydrogen-bond donors (Lipinski definition) is 0. The number of rotatable bonds is 4. The summed E-state index contributed by atoms with van der Waals surface area (Å²) in [6, 6.07) is 34.9. The van der Waals surface area contributed by atoms with E-state index in [1.165, 1.54) is 27.7 Å². The molecule has 0 aromatic heterocycles. The third-order valence-corrected chi connectivity index (χ3v) is 5.09. The first-order valence-electron chi connectivity index (χ1n) is 9.71. The minimum absolute atomic E-state index is 1.16. The number of hydrogen-bond acceptors (Lipinski definition) is 1. The van der Waals surface area contributed by atoms with E-state index >= 15 is 0 Å². The normalized spacial score (nSPS) is 10.6. The van der Waals surface area contributed by atoms with Crippen molar-refractivity contribution in [3.8, 4) is 11.1 Å². The van der Waals surface area contributed by atoms with Gasteiger partial charge in [0.05, 0.1) is 0 Å². The van der Waals surface area contributed by atoms with Crippen molar-refractivity contribution in [3.63, 3.8) is 0 Å². The Morgan fingerprint density at radius 2 is 0.786 bits per heavy atom. The van der Waals surface area contributed by atoms with E-state index in [-0.39, 0.29) is 0 Å². The summed E-state index contributed by atoms with van der Waals surface area (Å²) in [6.07, 6.45) is 0. The van der Waals surface area contributed by atoms with Crippen LogP contribution in [0.4, 0.5) is 17.1 Å². The number of nitrogens with zero attached hydrogens (tertiary/aromatic N) is 1. The maximum atomic E-state index is 2.30. The van der Waals surface area contributed by atoms with Crippen LogP contribution in [0.3, 0.4) is 0 Å². The molecule has 0 aliphatic carbocycles. The zero-order chi connectivity index (χ0) is 19.5. The van der Waals surface area contributed by atoms with Gasteiger partial charge in [-0.05, 0) is 61.4 Å². The van der Waals surface area contributed by atoms with E-state index in [1.54, 1.807) is 0 Å². The smallest absolute Gasteiger partial charge is 0.139 e. The Morgan fingerprint density at radius 3 is 1.18 bits per heavy atom. The highest BCUT2D eigenvalue weighted by atomic mass is 15.1. The van der Waals surface area contributed by atoms with Crippen molar-refractivity contribution in [2.45, 2.75) is 13.8 Å². The van der Waals surface area contributed by atoms with E-state index in [1.807, 2.05) is 0 Å². The van der Waals surface area contributed by atoms with Gasteiger partial charge in [-0.1, -0.05) is 77.3 Å². The fraction of sp³-hybridized carbons (Fsp3) is 0.0769. The first-order chi connectivity index (χ1) is 13.6. The molecule has 0 fully saturated rings. The lowest BCUT2D eigenvalue weighted by Crippen LogP contribution is -2.09.